The van der Waals surface area contributed by atoms with E-state index >= 15 is 0 Å². The van der Waals surface area contributed by atoms with Gasteiger partial charge in [-0.1, -0.05) is 133 Å². The second kappa shape index (κ2) is 9.49. The minimum absolute atomic E-state index is 0.0805. The van der Waals surface area contributed by atoms with Crippen LogP contribution >= 0.6 is 7.14 Å². The zero-order valence-electron chi connectivity index (χ0n) is 19.7. The number of ether oxygens (including phenoxy) is 1. The van der Waals surface area contributed by atoms with Crippen molar-refractivity contribution >= 4 is 39.3 Å². The molecule has 6 rings (SSSR count). The molecule has 6 aromatic carbocycles. The third-order valence-corrected chi connectivity index (χ3v) is 9.46. The van der Waals surface area contributed by atoms with Crippen molar-refractivity contribution in [2.24, 2.45) is 0 Å². The Bertz CT molecular complexity index is 1660. The van der Waals surface area contributed by atoms with Crippen molar-refractivity contribution in [1.29, 1.82) is 0 Å². The Labute approximate surface area is 211 Å². The molecule has 3 heteroatoms. The fourth-order valence-corrected chi connectivity index (χ4v) is 7.11. The quantitative estimate of drug-likeness (QED) is 0.224. The highest BCUT2D eigenvalue weighted by Gasteiger charge is 2.29. The summed E-state index contributed by atoms with van der Waals surface area (Å²) in [4.78, 5) is 0. The first-order valence-corrected chi connectivity index (χ1v) is 14.0. The lowest BCUT2D eigenvalue weighted by Gasteiger charge is -2.22. The van der Waals surface area contributed by atoms with Crippen LogP contribution in [0.2, 0.25) is 0 Å². The average molecular weight is 485 g/mol. The molecule has 0 unspecified atom stereocenters. The molecule has 0 bridgehead atoms. The van der Waals surface area contributed by atoms with Gasteiger partial charge in [0.25, 0.3) is 0 Å². The van der Waals surface area contributed by atoms with Crippen LogP contribution in [0, 0.1) is 0 Å². The summed E-state index contributed by atoms with van der Waals surface area (Å²) < 4.78 is 21.1. The summed E-state index contributed by atoms with van der Waals surface area (Å²) in [5, 5.41) is 6.18. The summed E-state index contributed by atoms with van der Waals surface area (Å²) in [6.07, 6.45) is 0.0805. The van der Waals surface area contributed by atoms with Crippen molar-refractivity contribution in [2.45, 2.75) is 0 Å². The molecule has 6 aromatic rings. The first kappa shape index (κ1) is 22.3. The molecule has 0 aliphatic heterocycles. The predicted octanol–water partition coefficient (Wildman–Crippen LogP) is 8.01. The topological polar surface area (TPSA) is 26.3 Å². The van der Waals surface area contributed by atoms with E-state index in [1.807, 2.05) is 66.7 Å². The highest BCUT2D eigenvalue weighted by atomic mass is 31.2. The van der Waals surface area contributed by atoms with Crippen LogP contribution in [0.15, 0.2) is 140 Å². The smallest absolute Gasteiger partial charge is 0.178 e. The van der Waals surface area contributed by atoms with Crippen LogP contribution in [0.5, 0.6) is 5.75 Å². The van der Waals surface area contributed by atoms with Gasteiger partial charge in [-0.2, -0.15) is 0 Å². The molecule has 0 radical (unpaired) electrons. The molecule has 0 saturated carbocycles. The predicted molar refractivity (Wildman–Crippen MR) is 152 cm³/mol. The zero-order valence-corrected chi connectivity index (χ0v) is 20.6. The van der Waals surface area contributed by atoms with Crippen molar-refractivity contribution in [2.75, 3.05) is 6.35 Å². The van der Waals surface area contributed by atoms with Crippen molar-refractivity contribution in [3.8, 4) is 16.9 Å². The number of fused-ring (bicyclic) bond motifs is 2. The Morgan fingerprint density at radius 3 is 1.69 bits per heavy atom. The van der Waals surface area contributed by atoms with Crippen molar-refractivity contribution < 1.29 is 9.30 Å². The van der Waals surface area contributed by atoms with E-state index < -0.39 is 7.14 Å². The Morgan fingerprint density at radius 1 is 0.500 bits per heavy atom. The van der Waals surface area contributed by atoms with Gasteiger partial charge in [-0.05, 0) is 33.2 Å². The number of hydrogen-bond acceptors (Lipinski definition) is 2. The van der Waals surface area contributed by atoms with Gasteiger partial charge < -0.3 is 9.30 Å². The van der Waals surface area contributed by atoms with E-state index in [2.05, 4.69) is 72.8 Å². The minimum Gasteiger partial charge on any atom is -0.485 e. The molecule has 2 nitrogen and oxygen atoms in total. The summed E-state index contributed by atoms with van der Waals surface area (Å²) in [5.74, 6) is 0.733. The maximum absolute atomic E-state index is 14.6. The summed E-state index contributed by atoms with van der Waals surface area (Å²) in [6, 6.07) is 46.6. The maximum atomic E-state index is 14.6. The van der Waals surface area contributed by atoms with Crippen molar-refractivity contribution in [1.82, 2.24) is 0 Å². The van der Waals surface area contributed by atoms with Crippen LogP contribution in [0.3, 0.4) is 0 Å². The van der Waals surface area contributed by atoms with Gasteiger partial charge >= 0.3 is 0 Å². The van der Waals surface area contributed by atoms with Gasteiger partial charge in [0.05, 0.1) is 0 Å². The number of rotatable bonds is 6. The van der Waals surface area contributed by atoms with Crippen LogP contribution in [0.1, 0.15) is 0 Å². The van der Waals surface area contributed by atoms with E-state index in [4.69, 9.17) is 4.74 Å². The van der Waals surface area contributed by atoms with E-state index in [1.54, 1.807) is 0 Å². The Hall–Kier alpha value is -4.13. The molecule has 36 heavy (non-hydrogen) atoms. The van der Waals surface area contributed by atoms with E-state index in [0.29, 0.717) is 0 Å². The third-order valence-electron chi connectivity index (χ3n) is 6.70. The fourth-order valence-electron chi connectivity index (χ4n) is 4.89. The second-order valence-corrected chi connectivity index (χ2v) is 11.6. The molecule has 0 atom stereocenters. The first-order valence-electron chi connectivity index (χ1n) is 12.1. The monoisotopic (exact) mass is 484 g/mol. The van der Waals surface area contributed by atoms with Crippen molar-refractivity contribution in [3.63, 3.8) is 0 Å². The van der Waals surface area contributed by atoms with Crippen LogP contribution in [-0.4, -0.2) is 6.35 Å². The lowest BCUT2D eigenvalue weighted by Crippen LogP contribution is -2.21. The molecule has 0 aromatic heterocycles. The van der Waals surface area contributed by atoms with E-state index in [0.717, 1.165) is 43.6 Å². The molecule has 0 aliphatic carbocycles. The minimum atomic E-state index is -3.03. The largest absolute Gasteiger partial charge is 0.485 e. The second-order valence-electron chi connectivity index (χ2n) is 8.87. The van der Waals surface area contributed by atoms with Gasteiger partial charge in [0, 0.05) is 16.2 Å². The first-order chi connectivity index (χ1) is 17.7. The van der Waals surface area contributed by atoms with Crippen LogP contribution < -0.4 is 15.3 Å². The molecule has 0 saturated heterocycles. The third kappa shape index (κ3) is 4.00. The van der Waals surface area contributed by atoms with Gasteiger partial charge in [-0.25, -0.2) is 0 Å². The Morgan fingerprint density at radius 2 is 1.03 bits per heavy atom. The number of hydrogen-bond donors (Lipinski definition) is 0. The molecule has 0 spiro atoms. The van der Waals surface area contributed by atoms with Crippen LogP contribution in [-0.2, 0) is 4.57 Å². The molecule has 0 aliphatic rings. The molecular weight excluding hydrogens is 459 g/mol. The van der Waals surface area contributed by atoms with Gasteiger partial charge in [-0.3, -0.25) is 0 Å². The Kier molecular flexibility index (Phi) is 5.89. The fraction of sp³-hybridized carbons (Fsp3) is 0.0303. The average Bonchev–Trinajstić information content (AvgIpc) is 2.96. The summed E-state index contributed by atoms with van der Waals surface area (Å²) in [6.45, 7) is 0. The van der Waals surface area contributed by atoms with E-state index in [-0.39, 0.29) is 6.35 Å². The number of benzene rings is 6. The van der Waals surface area contributed by atoms with Gasteiger partial charge in [-0.15, -0.1) is 0 Å². The van der Waals surface area contributed by atoms with Crippen molar-refractivity contribution in [3.05, 3.63) is 140 Å². The zero-order chi connectivity index (χ0) is 24.4. The van der Waals surface area contributed by atoms with Gasteiger partial charge in [0.15, 0.2) is 7.14 Å². The van der Waals surface area contributed by atoms with Crippen LogP contribution in [0.4, 0.5) is 0 Å². The molecular formula is C33H25O2P. The summed E-state index contributed by atoms with van der Waals surface area (Å²) in [5.41, 5.74) is 2.13. The van der Waals surface area contributed by atoms with Crippen LogP contribution in [0.25, 0.3) is 32.7 Å². The molecule has 0 heterocycles. The molecule has 0 N–H and O–H groups in total. The normalized spacial score (nSPS) is 11.6. The van der Waals surface area contributed by atoms with Gasteiger partial charge in [0.2, 0.25) is 0 Å². The lowest BCUT2D eigenvalue weighted by atomic mass is 9.93. The SMILES string of the molecule is O=P(COc1ccc2ccccc2c1-c1cccc2ccccc12)(c1ccccc1)c1ccccc1. The van der Waals surface area contributed by atoms with E-state index in [1.165, 1.54) is 5.39 Å². The Balaban J connectivity index is 1.51. The highest BCUT2D eigenvalue weighted by Crippen LogP contribution is 2.46. The lowest BCUT2D eigenvalue weighted by molar-refractivity contribution is 0.382. The molecule has 174 valence electrons. The molecule has 0 amide bonds. The van der Waals surface area contributed by atoms with E-state index in [9.17, 15) is 4.57 Å². The molecule has 0 fully saturated rings. The standard InChI is InChI=1S/C33H25O2P/c34-36(27-15-3-1-4-16-27,28-17-5-2-6-18-28)24-35-32-23-22-26-13-8-10-20-30(26)33(32)31-21-11-14-25-12-7-9-19-29(25)31/h1-23H,24H2. The highest BCUT2D eigenvalue weighted by molar-refractivity contribution is 7.78. The maximum Gasteiger partial charge on any atom is 0.178 e. The summed E-state index contributed by atoms with van der Waals surface area (Å²) >= 11 is 0. The van der Waals surface area contributed by atoms with Gasteiger partial charge in [0.1, 0.15) is 12.1 Å². The summed E-state index contributed by atoms with van der Waals surface area (Å²) in [7, 11) is -3.03.